The summed E-state index contributed by atoms with van der Waals surface area (Å²) in [6, 6.07) is 0. The van der Waals surface area contributed by atoms with Crippen molar-refractivity contribution in [3.63, 3.8) is 0 Å². The van der Waals surface area contributed by atoms with Crippen LogP contribution < -0.4 is 9.62 Å². The second kappa shape index (κ2) is 17.5. The molecule has 0 aliphatic rings. The number of benzene rings is 1. The predicted molar refractivity (Wildman–Crippen MR) is 133 cm³/mol. The van der Waals surface area contributed by atoms with E-state index in [1.807, 2.05) is 6.92 Å². The summed E-state index contributed by atoms with van der Waals surface area (Å²) in [6.07, 6.45) is 14.8. The average Bonchev–Trinajstić information content (AvgIpc) is 2.79. The number of unbranched alkanes of at least 4 members (excludes halogenated alkanes) is 10. The van der Waals surface area contributed by atoms with Gasteiger partial charge >= 0.3 is 5.97 Å². The summed E-state index contributed by atoms with van der Waals surface area (Å²) < 4.78 is 5.92. The zero-order valence-electron chi connectivity index (χ0n) is 21.3. The number of aromatic carboxylic acids is 1. The number of rotatable bonds is 20. The van der Waals surface area contributed by atoms with Crippen LogP contribution in [0.4, 0.5) is 0 Å². The first kappa shape index (κ1) is 29.1. The second-order valence-electron chi connectivity index (χ2n) is 8.60. The minimum Gasteiger partial charge on any atom is -0.503 e. The van der Waals surface area contributed by atoms with Crippen LogP contribution in [0.2, 0.25) is 0 Å². The molecule has 0 saturated heterocycles. The Morgan fingerprint density at radius 3 is 1.70 bits per heavy atom. The second-order valence-corrected chi connectivity index (χ2v) is 8.60. The number of hydrogen-bond donors (Lipinski definition) is 2. The molecule has 0 saturated carbocycles. The minimum atomic E-state index is -1.15. The molecular formula is C27H46O6. The fraction of sp³-hybridized carbons (Fsp3) is 0.741. The van der Waals surface area contributed by atoms with Gasteiger partial charge in [0.05, 0.1) is 13.2 Å². The third-order valence-electron chi connectivity index (χ3n) is 5.92. The highest BCUT2D eigenvalue weighted by atomic mass is 17.2. The standard InChI is InChI=1S/C27H46O6/c1-5-9-11-13-15-17-19-21-22(20-18-16-14-12-10-6-2)25(31-7-3)26(33-32-8-4)24(28)23(21)27(29)30/h28H,5-20H2,1-4H3,(H,29,30). The Balaban J connectivity index is 3.27. The van der Waals surface area contributed by atoms with E-state index in [9.17, 15) is 15.0 Å². The van der Waals surface area contributed by atoms with Gasteiger partial charge in [-0.2, -0.15) is 4.89 Å². The molecule has 0 aromatic heterocycles. The van der Waals surface area contributed by atoms with Gasteiger partial charge in [0.15, 0.2) is 11.5 Å². The van der Waals surface area contributed by atoms with E-state index < -0.39 is 11.7 Å². The van der Waals surface area contributed by atoms with Gasteiger partial charge in [-0.25, -0.2) is 4.79 Å². The minimum absolute atomic E-state index is 0.0243. The van der Waals surface area contributed by atoms with Gasteiger partial charge in [-0.3, -0.25) is 0 Å². The molecule has 2 N–H and O–H groups in total. The first-order valence-corrected chi connectivity index (χ1v) is 13.1. The molecule has 0 amide bonds. The van der Waals surface area contributed by atoms with Gasteiger partial charge in [-0.05, 0) is 45.1 Å². The van der Waals surface area contributed by atoms with Crippen LogP contribution in [0.5, 0.6) is 17.2 Å². The smallest absolute Gasteiger partial charge is 0.339 e. The number of aromatic hydroxyl groups is 1. The van der Waals surface area contributed by atoms with Crippen molar-refractivity contribution < 1.29 is 29.5 Å². The number of phenols is 1. The highest BCUT2D eigenvalue weighted by molar-refractivity contribution is 5.95. The lowest BCUT2D eigenvalue weighted by Crippen LogP contribution is -2.12. The molecule has 0 atom stereocenters. The Morgan fingerprint density at radius 1 is 0.697 bits per heavy atom. The van der Waals surface area contributed by atoms with Crippen molar-refractivity contribution in [1.29, 1.82) is 0 Å². The molecular weight excluding hydrogens is 420 g/mol. The van der Waals surface area contributed by atoms with E-state index in [1.54, 1.807) is 6.92 Å². The predicted octanol–water partition coefficient (Wildman–Crippen LogP) is 7.63. The van der Waals surface area contributed by atoms with Crippen molar-refractivity contribution >= 4 is 5.97 Å². The maximum Gasteiger partial charge on any atom is 0.339 e. The Labute approximate surface area is 200 Å². The van der Waals surface area contributed by atoms with E-state index in [4.69, 9.17) is 14.5 Å². The summed E-state index contributed by atoms with van der Waals surface area (Å²) in [7, 11) is 0. The van der Waals surface area contributed by atoms with Crippen molar-refractivity contribution in [1.82, 2.24) is 0 Å². The fourth-order valence-electron chi connectivity index (χ4n) is 4.22. The SMILES string of the molecule is CCCCCCCCc1c(CCCCCCCC)c(C(=O)O)c(O)c(OOCC)c1OCC. The zero-order valence-corrected chi connectivity index (χ0v) is 21.3. The summed E-state index contributed by atoms with van der Waals surface area (Å²) in [6.45, 7) is 8.67. The Kier molecular flexibility index (Phi) is 15.4. The van der Waals surface area contributed by atoms with Gasteiger partial charge in [0, 0.05) is 5.56 Å². The van der Waals surface area contributed by atoms with Gasteiger partial charge in [-0.15, -0.1) is 0 Å². The van der Waals surface area contributed by atoms with E-state index in [1.165, 1.54) is 38.5 Å². The van der Waals surface area contributed by atoms with Crippen LogP contribution in [0, 0.1) is 0 Å². The Morgan fingerprint density at radius 2 is 1.21 bits per heavy atom. The van der Waals surface area contributed by atoms with Crippen LogP contribution in [-0.2, 0) is 17.7 Å². The molecule has 0 aliphatic heterocycles. The maximum absolute atomic E-state index is 12.2. The van der Waals surface area contributed by atoms with Crippen LogP contribution >= 0.6 is 0 Å². The molecule has 0 unspecified atom stereocenters. The molecule has 0 fully saturated rings. The molecule has 0 radical (unpaired) electrons. The van der Waals surface area contributed by atoms with Crippen LogP contribution in [-0.4, -0.2) is 29.4 Å². The Hall–Kier alpha value is -1.95. The molecule has 0 bridgehead atoms. The molecule has 6 nitrogen and oxygen atoms in total. The van der Waals surface area contributed by atoms with Crippen molar-refractivity contribution in [3.8, 4) is 17.2 Å². The van der Waals surface area contributed by atoms with Crippen molar-refractivity contribution in [2.45, 2.75) is 118 Å². The summed E-state index contributed by atoms with van der Waals surface area (Å²) >= 11 is 0. The van der Waals surface area contributed by atoms with Crippen molar-refractivity contribution in [2.75, 3.05) is 13.2 Å². The van der Waals surface area contributed by atoms with Crippen LogP contribution in [0.1, 0.15) is 126 Å². The molecule has 6 heteroatoms. The summed E-state index contributed by atoms with van der Waals surface area (Å²) in [5.41, 5.74) is 1.44. The lowest BCUT2D eigenvalue weighted by Gasteiger charge is -2.22. The van der Waals surface area contributed by atoms with Gasteiger partial charge in [0.1, 0.15) is 5.56 Å². The first-order chi connectivity index (χ1) is 16.0. The van der Waals surface area contributed by atoms with Crippen LogP contribution in [0.25, 0.3) is 0 Å². The molecule has 1 rings (SSSR count). The van der Waals surface area contributed by atoms with Gasteiger partial charge in [-0.1, -0.05) is 78.1 Å². The van der Waals surface area contributed by atoms with Crippen molar-refractivity contribution in [2.24, 2.45) is 0 Å². The molecule has 0 heterocycles. The largest absolute Gasteiger partial charge is 0.503 e. The summed E-state index contributed by atoms with van der Waals surface area (Å²) in [5.74, 6) is -1.17. The average molecular weight is 467 g/mol. The van der Waals surface area contributed by atoms with E-state index in [0.29, 0.717) is 30.8 Å². The van der Waals surface area contributed by atoms with E-state index >= 15 is 0 Å². The van der Waals surface area contributed by atoms with E-state index in [-0.39, 0.29) is 17.9 Å². The molecule has 0 aliphatic carbocycles. The molecule has 0 spiro atoms. The zero-order chi connectivity index (χ0) is 24.5. The highest BCUT2D eigenvalue weighted by Crippen LogP contribution is 2.46. The summed E-state index contributed by atoms with van der Waals surface area (Å²) in [4.78, 5) is 22.7. The van der Waals surface area contributed by atoms with Gasteiger partial charge < -0.3 is 19.8 Å². The van der Waals surface area contributed by atoms with E-state index in [0.717, 1.165) is 44.1 Å². The number of carboxylic acid groups (broad SMARTS) is 1. The Bertz CT molecular complexity index is 686. The molecule has 190 valence electrons. The molecule has 33 heavy (non-hydrogen) atoms. The number of carboxylic acids is 1. The molecule has 1 aromatic carbocycles. The van der Waals surface area contributed by atoms with E-state index in [2.05, 4.69) is 13.8 Å². The third-order valence-corrected chi connectivity index (χ3v) is 5.92. The quantitative estimate of drug-likeness (QED) is 0.117. The van der Waals surface area contributed by atoms with Crippen LogP contribution in [0.15, 0.2) is 0 Å². The van der Waals surface area contributed by atoms with Crippen molar-refractivity contribution in [3.05, 3.63) is 16.7 Å². The lowest BCUT2D eigenvalue weighted by atomic mass is 9.90. The number of hydrogen-bond acceptors (Lipinski definition) is 5. The fourth-order valence-corrected chi connectivity index (χ4v) is 4.22. The monoisotopic (exact) mass is 466 g/mol. The highest BCUT2D eigenvalue weighted by Gasteiger charge is 2.30. The summed E-state index contributed by atoms with van der Waals surface area (Å²) in [5, 5.41) is 20.9. The third kappa shape index (κ3) is 9.83. The topological polar surface area (TPSA) is 85.2 Å². The number of ether oxygens (including phenoxy) is 1. The van der Waals surface area contributed by atoms with Crippen LogP contribution in [0.3, 0.4) is 0 Å². The first-order valence-electron chi connectivity index (χ1n) is 13.1. The maximum atomic E-state index is 12.2. The lowest BCUT2D eigenvalue weighted by molar-refractivity contribution is -0.204. The van der Waals surface area contributed by atoms with Gasteiger partial charge in [0.2, 0.25) is 5.75 Å². The number of carbonyl (C=O) groups is 1. The molecule has 1 aromatic rings. The normalized spacial score (nSPS) is 11.0. The van der Waals surface area contributed by atoms with Gasteiger partial charge in [0.25, 0.3) is 0 Å².